The van der Waals surface area contributed by atoms with Crippen LogP contribution in [0.2, 0.25) is 0 Å². The summed E-state index contributed by atoms with van der Waals surface area (Å²) < 4.78 is 57.9. The summed E-state index contributed by atoms with van der Waals surface area (Å²) in [5, 5.41) is 4.67. The SMILES string of the molecule is CC(C)c1ccc(S(=O)(=O)Nc2cc(C(C)(F)F)nn2-c2cccc3ncccc23)cc1. The number of sulfonamides is 1. The van der Waals surface area contributed by atoms with Crippen molar-refractivity contribution >= 4 is 26.7 Å². The monoisotopic (exact) mass is 456 g/mol. The summed E-state index contributed by atoms with van der Waals surface area (Å²) in [4.78, 5) is 4.30. The largest absolute Gasteiger partial charge is 0.288 e. The fraction of sp³-hybridized carbons (Fsp3) is 0.217. The average Bonchev–Trinajstić information content (AvgIpc) is 3.17. The standard InChI is InChI=1S/C23H22F2N4O2S/c1-15(2)16-9-11-17(12-10-16)32(30,31)28-22-14-21(23(3,24)25)27-29(22)20-8-4-7-19-18(20)6-5-13-26-19/h4-15,28H,1-3H3. The van der Waals surface area contributed by atoms with Crippen molar-refractivity contribution in [2.75, 3.05) is 4.72 Å². The zero-order valence-corrected chi connectivity index (χ0v) is 18.6. The molecule has 2 aromatic carbocycles. The van der Waals surface area contributed by atoms with Crippen LogP contribution in [0.5, 0.6) is 0 Å². The first-order valence-electron chi connectivity index (χ1n) is 10.0. The van der Waals surface area contributed by atoms with E-state index >= 15 is 0 Å². The maximum Gasteiger partial charge on any atom is 0.288 e. The second-order valence-electron chi connectivity index (χ2n) is 7.89. The van der Waals surface area contributed by atoms with Crippen LogP contribution in [0.25, 0.3) is 16.6 Å². The molecule has 0 radical (unpaired) electrons. The van der Waals surface area contributed by atoms with Gasteiger partial charge in [-0.25, -0.2) is 13.1 Å². The van der Waals surface area contributed by atoms with Gasteiger partial charge in [0.2, 0.25) is 0 Å². The van der Waals surface area contributed by atoms with Gasteiger partial charge in [0.05, 0.1) is 16.1 Å². The second kappa shape index (κ2) is 7.98. The molecule has 0 spiro atoms. The molecule has 0 unspecified atom stereocenters. The van der Waals surface area contributed by atoms with Crippen molar-refractivity contribution in [2.45, 2.75) is 37.5 Å². The molecule has 2 heterocycles. The van der Waals surface area contributed by atoms with E-state index in [0.29, 0.717) is 23.5 Å². The van der Waals surface area contributed by atoms with E-state index in [9.17, 15) is 17.2 Å². The zero-order chi connectivity index (χ0) is 23.1. The topological polar surface area (TPSA) is 76.9 Å². The molecule has 0 amide bonds. The van der Waals surface area contributed by atoms with Gasteiger partial charge in [-0.15, -0.1) is 0 Å². The first kappa shape index (κ1) is 21.9. The molecule has 0 fully saturated rings. The van der Waals surface area contributed by atoms with Gasteiger partial charge in [-0.05, 0) is 47.9 Å². The summed E-state index contributed by atoms with van der Waals surface area (Å²) >= 11 is 0. The molecule has 0 bridgehead atoms. The van der Waals surface area contributed by atoms with Gasteiger partial charge in [0.15, 0.2) is 0 Å². The first-order chi connectivity index (χ1) is 15.1. The summed E-state index contributed by atoms with van der Waals surface area (Å²) in [7, 11) is -4.04. The van der Waals surface area contributed by atoms with Crippen LogP contribution in [0.3, 0.4) is 0 Å². The van der Waals surface area contributed by atoms with Gasteiger partial charge in [0.1, 0.15) is 11.5 Å². The predicted octanol–water partition coefficient (Wildman–Crippen LogP) is 5.46. The van der Waals surface area contributed by atoms with E-state index in [1.165, 1.54) is 16.8 Å². The van der Waals surface area contributed by atoms with Gasteiger partial charge in [-0.1, -0.05) is 32.0 Å². The molecule has 0 saturated carbocycles. The van der Waals surface area contributed by atoms with Crippen LogP contribution < -0.4 is 4.72 Å². The molecule has 166 valence electrons. The molecule has 0 aliphatic heterocycles. The molecule has 0 saturated heterocycles. The molecule has 2 aromatic heterocycles. The van der Waals surface area contributed by atoms with Crippen molar-refractivity contribution < 1.29 is 17.2 Å². The van der Waals surface area contributed by atoms with Gasteiger partial charge in [-0.2, -0.15) is 13.9 Å². The van der Waals surface area contributed by atoms with Crippen LogP contribution in [-0.2, 0) is 15.9 Å². The summed E-state index contributed by atoms with van der Waals surface area (Å²) in [6.07, 6.45) is 1.62. The minimum atomic E-state index is -4.04. The highest BCUT2D eigenvalue weighted by Gasteiger charge is 2.31. The van der Waals surface area contributed by atoms with Crippen LogP contribution in [0, 0.1) is 0 Å². The molecular weight excluding hydrogens is 434 g/mol. The zero-order valence-electron chi connectivity index (χ0n) is 17.8. The Morgan fingerprint density at radius 3 is 2.41 bits per heavy atom. The van der Waals surface area contributed by atoms with Crippen LogP contribution in [0.1, 0.15) is 37.9 Å². The molecule has 6 nitrogen and oxygen atoms in total. The average molecular weight is 457 g/mol. The third-order valence-corrected chi connectivity index (χ3v) is 6.48. The lowest BCUT2D eigenvalue weighted by Gasteiger charge is -2.13. The van der Waals surface area contributed by atoms with Crippen molar-refractivity contribution in [3.05, 3.63) is 78.1 Å². The number of hydrogen-bond donors (Lipinski definition) is 1. The third kappa shape index (κ3) is 4.20. The highest BCUT2D eigenvalue weighted by Crippen LogP contribution is 2.32. The molecule has 32 heavy (non-hydrogen) atoms. The van der Waals surface area contributed by atoms with Gasteiger partial charge in [0, 0.05) is 24.6 Å². The number of aromatic nitrogens is 3. The Morgan fingerprint density at radius 2 is 1.75 bits per heavy atom. The number of alkyl halides is 2. The van der Waals surface area contributed by atoms with Gasteiger partial charge >= 0.3 is 0 Å². The van der Waals surface area contributed by atoms with E-state index in [1.807, 2.05) is 13.8 Å². The number of pyridine rings is 1. The van der Waals surface area contributed by atoms with Crippen molar-refractivity contribution in [3.63, 3.8) is 0 Å². The van der Waals surface area contributed by atoms with Gasteiger partial charge < -0.3 is 0 Å². The van der Waals surface area contributed by atoms with Gasteiger partial charge in [0.25, 0.3) is 15.9 Å². The molecule has 4 aromatic rings. The number of anilines is 1. The lowest BCUT2D eigenvalue weighted by molar-refractivity contribution is 0.0124. The van der Waals surface area contributed by atoms with E-state index in [-0.39, 0.29) is 16.6 Å². The molecule has 0 aliphatic carbocycles. The Balaban J connectivity index is 1.82. The fourth-order valence-electron chi connectivity index (χ4n) is 3.35. The predicted molar refractivity (Wildman–Crippen MR) is 120 cm³/mol. The maximum absolute atomic E-state index is 14.1. The summed E-state index contributed by atoms with van der Waals surface area (Å²) in [6, 6.07) is 16.1. The number of nitrogens with one attached hydrogen (secondary N) is 1. The summed E-state index contributed by atoms with van der Waals surface area (Å²) in [6.45, 7) is 4.73. The molecule has 0 atom stereocenters. The van der Waals surface area contributed by atoms with Gasteiger partial charge in [-0.3, -0.25) is 9.71 Å². The minimum absolute atomic E-state index is 0.0269. The number of hydrogen-bond acceptors (Lipinski definition) is 4. The normalized spacial score (nSPS) is 12.4. The number of nitrogens with zero attached hydrogens (tertiary/aromatic N) is 3. The highest BCUT2D eigenvalue weighted by atomic mass is 32.2. The van der Waals surface area contributed by atoms with E-state index < -0.39 is 21.6 Å². The minimum Gasteiger partial charge on any atom is -0.263 e. The van der Waals surface area contributed by atoms with Crippen LogP contribution >= 0.6 is 0 Å². The smallest absolute Gasteiger partial charge is 0.263 e. The lowest BCUT2D eigenvalue weighted by Crippen LogP contribution is -2.16. The fourth-order valence-corrected chi connectivity index (χ4v) is 4.39. The Hall–Kier alpha value is -3.33. The van der Waals surface area contributed by atoms with Crippen molar-refractivity contribution in [1.29, 1.82) is 0 Å². The Kier molecular flexibility index (Phi) is 5.46. The first-order valence-corrected chi connectivity index (χ1v) is 11.5. The van der Waals surface area contributed by atoms with E-state index in [0.717, 1.165) is 11.6 Å². The Morgan fingerprint density at radius 1 is 1.03 bits per heavy atom. The van der Waals surface area contributed by atoms with E-state index in [1.54, 1.807) is 48.7 Å². The third-order valence-electron chi connectivity index (χ3n) is 5.11. The number of fused-ring (bicyclic) bond motifs is 1. The van der Waals surface area contributed by atoms with Crippen molar-refractivity contribution in [1.82, 2.24) is 14.8 Å². The van der Waals surface area contributed by atoms with E-state index in [2.05, 4.69) is 14.8 Å². The van der Waals surface area contributed by atoms with Crippen LogP contribution in [-0.4, -0.2) is 23.2 Å². The number of rotatable bonds is 6. The molecular formula is C23H22F2N4O2S. The lowest BCUT2D eigenvalue weighted by atomic mass is 10.0. The second-order valence-corrected chi connectivity index (χ2v) is 9.57. The van der Waals surface area contributed by atoms with E-state index in [4.69, 9.17) is 0 Å². The molecule has 4 rings (SSSR count). The highest BCUT2D eigenvalue weighted by molar-refractivity contribution is 7.92. The quantitative estimate of drug-likeness (QED) is 0.418. The number of benzene rings is 2. The Labute approximate surface area is 185 Å². The Bertz CT molecular complexity index is 1370. The van der Waals surface area contributed by atoms with Crippen LogP contribution in [0.15, 0.2) is 71.8 Å². The summed E-state index contributed by atoms with van der Waals surface area (Å²) in [5.41, 5.74) is 1.50. The maximum atomic E-state index is 14.1. The summed E-state index contributed by atoms with van der Waals surface area (Å²) in [5.74, 6) is -3.10. The molecule has 9 heteroatoms. The van der Waals surface area contributed by atoms with Crippen molar-refractivity contribution in [3.8, 4) is 5.69 Å². The number of halogens is 2. The molecule has 1 N–H and O–H groups in total. The van der Waals surface area contributed by atoms with Crippen molar-refractivity contribution in [2.24, 2.45) is 0 Å². The van der Waals surface area contributed by atoms with Crippen LogP contribution in [0.4, 0.5) is 14.6 Å². The molecule has 0 aliphatic rings.